The molecule has 0 spiro atoms. The fourth-order valence-corrected chi connectivity index (χ4v) is 3.07. The van der Waals surface area contributed by atoms with Crippen LogP contribution >= 0.6 is 27.3 Å². The molecule has 0 saturated heterocycles. The zero-order valence-corrected chi connectivity index (χ0v) is 12.7. The average Bonchev–Trinajstić information content (AvgIpc) is 3.06. The van der Waals surface area contributed by atoms with Gasteiger partial charge >= 0.3 is 0 Å². The topological polar surface area (TPSA) is 72.9 Å². The third-order valence-corrected chi connectivity index (χ3v) is 4.33. The maximum absolute atomic E-state index is 11.4. The lowest BCUT2D eigenvalue weighted by molar-refractivity contribution is 0.0953. The summed E-state index contributed by atoms with van der Waals surface area (Å²) in [6, 6.07) is 8.19. The van der Waals surface area contributed by atoms with Crippen molar-refractivity contribution in [3.05, 3.63) is 51.0 Å². The van der Waals surface area contributed by atoms with Crippen LogP contribution < -0.4 is 11.3 Å². The zero-order valence-electron chi connectivity index (χ0n) is 10.3. The second kappa shape index (κ2) is 5.35. The Hall–Kier alpha value is -1.70. The largest absolute Gasteiger partial charge is 0.341 e. The van der Waals surface area contributed by atoms with Gasteiger partial charge in [-0.1, -0.05) is 22.0 Å². The second-order valence-electron chi connectivity index (χ2n) is 4.26. The highest BCUT2D eigenvalue weighted by Gasteiger charge is 2.10. The van der Waals surface area contributed by atoms with Gasteiger partial charge in [-0.05, 0) is 23.6 Å². The number of nitrogens with zero attached hydrogens (tertiary/aromatic N) is 2. The Bertz CT molecular complexity index is 780. The predicted octanol–water partition coefficient (Wildman–Crippen LogP) is 2.51. The maximum atomic E-state index is 11.4. The van der Waals surface area contributed by atoms with E-state index in [-0.39, 0.29) is 5.91 Å². The van der Waals surface area contributed by atoms with Crippen molar-refractivity contribution in [3.63, 3.8) is 0 Å². The quantitative estimate of drug-likeness (QED) is 0.433. The van der Waals surface area contributed by atoms with Crippen molar-refractivity contribution in [2.24, 2.45) is 5.84 Å². The molecule has 20 heavy (non-hydrogen) atoms. The van der Waals surface area contributed by atoms with Crippen LogP contribution in [0.15, 0.2) is 40.3 Å². The molecule has 0 saturated carbocycles. The summed E-state index contributed by atoms with van der Waals surface area (Å²) in [5.41, 5.74) is 4.05. The van der Waals surface area contributed by atoms with Gasteiger partial charge in [0, 0.05) is 21.6 Å². The lowest BCUT2D eigenvalue weighted by Crippen LogP contribution is -2.29. The fourth-order valence-electron chi connectivity index (χ4n) is 2.02. The Morgan fingerprint density at radius 3 is 3.10 bits per heavy atom. The van der Waals surface area contributed by atoms with Gasteiger partial charge < -0.3 is 4.57 Å². The molecule has 3 N–H and O–H groups in total. The highest BCUT2D eigenvalue weighted by Crippen LogP contribution is 2.22. The summed E-state index contributed by atoms with van der Waals surface area (Å²) in [6.07, 6.45) is 2.01. The summed E-state index contributed by atoms with van der Waals surface area (Å²) in [5, 5.41) is 3.41. The van der Waals surface area contributed by atoms with Gasteiger partial charge in [0.1, 0.15) is 0 Å². The van der Waals surface area contributed by atoms with Crippen molar-refractivity contribution in [2.75, 3.05) is 0 Å². The number of nitrogens with one attached hydrogen (secondary N) is 1. The number of nitrogen functional groups attached to an aromatic ring is 1. The molecular formula is C13H11BrN4OS. The summed E-state index contributed by atoms with van der Waals surface area (Å²) in [6.45, 7) is 0.619. The number of amides is 1. The highest BCUT2D eigenvalue weighted by atomic mass is 79.9. The molecule has 1 amide bonds. The van der Waals surface area contributed by atoms with E-state index in [1.807, 2.05) is 17.6 Å². The summed E-state index contributed by atoms with van der Waals surface area (Å²) < 4.78 is 3.13. The number of aromatic nitrogens is 2. The van der Waals surface area contributed by atoms with Crippen LogP contribution in [0.5, 0.6) is 0 Å². The van der Waals surface area contributed by atoms with E-state index in [0.29, 0.717) is 11.6 Å². The van der Waals surface area contributed by atoms with E-state index >= 15 is 0 Å². The number of thiazole rings is 1. The van der Waals surface area contributed by atoms with Crippen LogP contribution in [-0.4, -0.2) is 15.5 Å². The molecule has 7 heteroatoms. The van der Waals surface area contributed by atoms with Crippen molar-refractivity contribution in [1.82, 2.24) is 15.0 Å². The van der Waals surface area contributed by atoms with E-state index in [1.54, 1.807) is 0 Å². The van der Waals surface area contributed by atoms with Crippen LogP contribution in [0.3, 0.4) is 0 Å². The number of rotatable bonds is 3. The Morgan fingerprint density at radius 1 is 1.45 bits per heavy atom. The number of carbonyl (C=O) groups excluding carboxylic acids is 1. The van der Waals surface area contributed by atoms with Crippen molar-refractivity contribution >= 4 is 44.1 Å². The van der Waals surface area contributed by atoms with Gasteiger partial charge in [-0.2, -0.15) is 0 Å². The zero-order chi connectivity index (χ0) is 14.1. The lowest BCUT2D eigenvalue weighted by Gasteiger charge is -2.03. The molecule has 0 aliphatic rings. The summed E-state index contributed by atoms with van der Waals surface area (Å²) >= 11 is 4.76. The standard InChI is InChI=1S/C13H11BrN4OS/c14-9-2-1-8-3-4-18(11(8)5-9)6-10-7-20-13(16-10)12(19)17-15/h1-5,7H,6,15H2,(H,17,19). The molecule has 0 fully saturated rings. The van der Waals surface area contributed by atoms with E-state index < -0.39 is 0 Å². The van der Waals surface area contributed by atoms with E-state index in [4.69, 9.17) is 5.84 Å². The van der Waals surface area contributed by atoms with E-state index in [9.17, 15) is 4.79 Å². The Kier molecular flexibility index (Phi) is 3.56. The van der Waals surface area contributed by atoms with Gasteiger partial charge in [0.2, 0.25) is 0 Å². The summed E-state index contributed by atoms with van der Waals surface area (Å²) in [5.74, 6) is 4.74. The summed E-state index contributed by atoms with van der Waals surface area (Å²) in [4.78, 5) is 15.7. The van der Waals surface area contributed by atoms with Crippen LogP contribution in [0.25, 0.3) is 10.9 Å². The van der Waals surface area contributed by atoms with Crippen LogP contribution in [0.2, 0.25) is 0 Å². The van der Waals surface area contributed by atoms with E-state index in [0.717, 1.165) is 15.7 Å². The first kappa shape index (κ1) is 13.3. The first-order valence-electron chi connectivity index (χ1n) is 5.87. The number of fused-ring (bicyclic) bond motifs is 1. The van der Waals surface area contributed by atoms with Crippen LogP contribution in [0.1, 0.15) is 15.5 Å². The van der Waals surface area contributed by atoms with E-state index in [2.05, 4.69) is 49.1 Å². The number of hydrazine groups is 1. The Balaban J connectivity index is 1.91. The van der Waals surface area contributed by atoms with Gasteiger partial charge in [-0.25, -0.2) is 10.8 Å². The number of hydrogen-bond acceptors (Lipinski definition) is 4. The van der Waals surface area contributed by atoms with E-state index in [1.165, 1.54) is 16.7 Å². The monoisotopic (exact) mass is 350 g/mol. The first-order valence-corrected chi connectivity index (χ1v) is 7.54. The molecular weight excluding hydrogens is 340 g/mol. The fraction of sp³-hybridized carbons (Fsp3) is 0.0769. The number of carbonyl (C=O) groups is 1. The molecule has 0 bridgehead atoms. The SMILES string of the molecule is NNC(=O)c1nc(Cn2ccc3ccc(Br)cc32)cs1. The Morgan fingerprint density at radius 2 is 2.30 bits per heavy atom. The number of hydrogen-bond donors (Lipinski definition) is 2. The van der Waals surface area contributed by atoms with Crippen molar-refractivity contribution < 1.29 is 4.79 Å². The van der Waals surface area contributed by atoms with Crippen molar-refractivity contribution in [2.45, 2.75) is 6.54 Å². The average molecular weight is 351 g/mol. The number of halogens is 1. The lowest BCUT2D eigenvalue weighted by atomic mass is 10.2. The number of benzene rings is 1. The van der Waals surface area contributed by atoms with Gasteiger partial charge in [0.15, 0.2) is 5.01 Å². The van der Waals surface area contributed by atoms with Gasteiger partial charge in [0.25, 0.3) is 5.91 Å². The minimum atomic E-state index is -0.360. The normalized spacial score (nSPS) is 10.9. The third kappa shape index (κ3) is 2.47. The van der Waals surface area contributed by atoms with Crippen molar-refractivity contribution in [3.8, 4) is 0 Å². The van der Waals surface area contributed by atoms with Crippen LogP contribution in [0, 0.1) is 0 Å². The van der Waals surface area contributed by atoms with Crippen molar-refractivity contribution in [1.29, 1.82) is 0 Å². The molecule has 0 aliphatic heterocycles. The Labute approximate surface area is 127 Å². The van der Waals surface area contributed by atoms with Crippen LogP contribution in [0.4, 0.5) is 0 Å². The molecule has 0 aliphatic carbocycles. The highest BCUT2D eigenvalue weighted by molar-refractivity contribution is 9.10. The molecule has 5 nitrogen and oxygen atoms in total. The molecule has 102 valence electrons. The van der Waals surface area contributed by atoms with Gasteiger partial charge in [-0.3, -0.25) is 10.2 Å². The van der Waals surface area contributed by atoms with Crippen LogP contribution in [-0.2, 0) is 6.54 Å². The smallest absolute Gasteiger partial charge is 0.294 e. The predicted molar refractivity (Wildman–Crippen MR) is 82.5 cm³/mol. The first-order chi connectivity index (χ1) is 9.67. The molecule has 0 atom stereocenters. The molecule has 3 rings (SSSR count). The molecule has 2 heterocycles. The molecule has 0 radical (unpaired) electrons. The molecule has 2 aromatic heterocycles. The molecule has 0 unspecified atom stereocenters. The molecule has 3 aromatic rings. The molecule has 1 aromatic carbocycles. The number of nitrogens with two attached hydrogens (primary N) is 1. The minimum Gasteiger partial charge on any atom is -0.341 e. The maximum Gasteiger partial charge on any atom is 0.294 e. The van der Waals surface area contributed by atoms with Gasteiger partial charge in [0.05, 0.1) is 12.2 Å². The summed E-state index contributed by atoms with van der Waals surface area (Å²) in [7, 11) is 0. The third-order valence-electron chi connectivity index (χ3n) is 2.95. The minimum absolute atomic E-state index is 0.360. The van der Waals surface area contributed by atoms with Gasteiger partial charge in [-0.15, -0.1) is 11.3 Å². The second-order valence-corrected chi connectivity index (χ2v) is 6.04.